The lowest BCUT2D eigenvalue weighted by molar-refractivity contribution is -0.135. The summed E-state index contributed by atoms with van der Waals surface area (Å²) in [4.78, 5) is 31.1. The Labute approximate surface area is 162 Å². The van der Waals surface area contributed by atoms with Gasteiger partial charge in [-0.15, -0.1) is 0 Å². The Hall–Kier alpha value is -2.50. The van der Waals surface area contributed by atoms with Crippen molar-refractivity contribution in [2.24, 2.45) is 11.7 Å². The molecule has 1 aromatic carbocycles. The molecule has 28 heavy (non-hydrogen) atoms. The van der Waals surface area contributed by atoms with E-state index in [9.17, 15) is 19.2 Å². The van der Waals surface area contributed by atoms with E-state index >= 15 is 0 Å². The van der Waals surface area contributed by atoms with Crippen molar-refractivity contribution >= 4 is 17.5 Å². The summed E-state index contributed by atoms with van der Waals surface area (Å²) in [6.45, 7) is 0.956. The van der Waals surface area contributed by atoms with E-state index in [1.54, 1.807) is 21.9 Å². The maximum Gasteiger partial charge on any atom is 0.244 e. The Kier molecular flexibility index (Phi) is 3.93. The minimum absolute atomic E-state index is 0.0109. The molecule has 3 aliphatic heterocycles. The van der Waals surface area contributed by atoms with E-state index in [2.05, 4.69) is 6.07 Å². The predicted molar refractivity (Wildman–Crippen MR) is 98.4 cm³/mol. The minimum atomic E-state index is -0.735. The quantitative estimate of drug-likeness (QED) is 0.815. The Morgan fingerprint density at radius 1 is 1.29 bits per heavy atom. The molecule has 0 spiro atoms. The maximum atomic E-state index is 13.2. The Balaban J connectivity index is 1.25. The Morgan fingerprint density at radius 2 is 2.04 bits per heavy atom. The second-order valence-electron chi connectivity index (χ2n) is 8.34. The number of nitrogens with two attached hydrogens (primary N) is 1. The van der Waals surface area contributed by atoms with Gasteiger partial charge in [-0.2, -0.15) is 5.26 Å². The van der Waals surface area contributed by atoms with Crippen LogP contribution in [0.3, 0.4) is 0 Å². The molecule has 8 heteroatoms. The van der Waals surface area contributed by atoms with E-state index in [1.807, 2.05) is 4.90 Å². The summed E-state index contributed by atoms with van der Waals surface area (Å²) in [6, 6.07) is 6.95. The first-order chi connectivity index (χ1) is 13.5. The van der Waals surface area contributed by atoms with Crippen LogP contribution in [0.5, 0.6) is 0 Å². The fraction of sp³-hybridized carbons (Fsp3) is 0.550. The SMILES string of the molecule is N#C[C@@H]1CC2C[C@@H]2N1C(=O)[C@@H](N)CN1C[C@@H]2C[C@H]1C(=O)N2c1ccc(F)cc1. The van der Waals surface area contributed by atoms with Crippen molar-refractivity contribution in [2.45, 2.75) is 49.5 Å². The smallest absolute Gasteiger partial charge is 0.244 e. The molecule has 3 heterocycles. The van der Waals surface area contributed by atoms with Gasteiger partial charge in [0.1, 0.15) is 11.9 Å². The third-order valence-corrected chi connectivity index (χ3v) is 6.63. The van der Waals surface area contributed by atoms with Gasteiger partial charge in [-0.25, -0.2) is 4.39 Å². The molecular weight excluding hydrogens is 361 g/mol. The number of nitrogens with zero attached hydrogens (tertiary/aromatic N) is 4. The third-order valence-electron chi connectivity index (χ3n) is 6.63. The van der Waals surface area contributed by atoms with Gasteiger partial charge in [0.15, 0.2) is 0 Å². The molecule has 6 atom stereocenters. The van der Waals surface area contributed by atoms with Crippen LogP contribution in [-0.4, -0.2) is 64.9 Å². The van der Waals surface area contributed by atoms with E-state index in [-0.39, 0.29) is 41.8 Å². The first-order valence-electron chi connectivity index (χ1n) is 9.78. The third kappa shape index (κ3) is 2.61. The lowest BCUT2D eigenvalue weighted by Crippen LogP contribution is -2.57. The highest BCUT2D eigenvalue weighted by molar-refractivity contribution is 6.01. The molecule has 146 valence electrons. The summed E-state index contributed by atoms with van der Waals surface area (Å²) in [5.41, 5.74) is 6.91. The summed E-state index contributed by atoms with van der Waals surface area (Å²) in [5.74, 6) is -0.0837. The van der Waals surface area contributed by atoms with Gasteiger partial charge in [0.25, 0.3) is 0 Å². The van der Waals surface area contributed by atoms with E-state index in [0.717, 1.165) is 12.8 Å². The molecule has 7 nitrogen and oxygen atoms in total. The van der Waals surface area contributed by atoms with Crippen molar-refractivity contribution in [1.29, 1.82) is 5.26 Å². The van der Waals surface area contributed by atoms with E-state index in [4.69, 9.17) is 5.73 Å². The number of fused-ring (bicyclic) bond motifs is 3. The second kappa shape index (κ2) is 6.26. The number of carbonyl (C=O) groups is 2. The van der Waals surface area contributed by atoms with Crippen molar-refractivity contribution in [2.75, 3.05) is 18.0 Å². The lowest BCUT2D eigenvalue weighted by Gasteiger charge is -2.35. The summed E-state index contributed by atoms with van der Waals surface area (Å²) in [6.07, 6.45) is 2.40. The number of hydrogen-bond donors (Lipinski definition) is 1. The summed E-state index contributed by atoms with van der Waals surface area (Å²) >= 11 is 0. The summed E-state index contributed by atoms with van der Waals surface area (Å²) < 4.78 is 13.2. The zero-order chi connectivity index (χ0) is 19.6. The Bertz CT molecular complexity index is 868. The van der Waals surface area contributed by atoms with Gasteiger partial charge in [0, 0.05) is 24.8 Å². The molecule has 4 fully saturated rings. The fourth-order valence-electron chi connectivity index (χ4n) is 5.22. The molecule has 4 aliphatic rings. The Morgan fingerprint density at radius 3 is 2.71 bits per heavy atom. The average Bonchev–Trinajstić information content (AvgIpc) is 3.02. The normalized spacial score (nSPS) is 34.5. The fourth-order valence-corrected chi connectivity index (χ4v) is 5.22. The molecule has 0 aromatic heterocycles. The van der Waals surface area contributed by atoms with Crippen LogP contribution in [-0.2, 0) is 9.59 Å². The number of hydrogen-bond acceptors (Lipinski definition) is 5. The number of anilines is 1. The van der Waals surface area contributed by atoms with Crippen molar-refractivity contribution in [1.82, 2.24) is 9.80 Å². The maximum absolute atomic E-state index is 13.2. The molecule has 5 rings (SSSR count). The van der Waals surface area contributed by atoms with Gasteiger partial charge in [0.2, 0.25) is 11.8 Å². The standard InChI is InChI=1S/C20H22FN5O2/c21-12-1-3-13(4-2-12)25-15-7-18(20(25)28)24(9-15)10-16(23)19(27)26-14(8-22)5-11-6-17(11)26/h1-4,11,14-18H,5-7,9-10,23H2/t11?,14-,15-,16-,17-,18-/m0/s1. The minimum Gasteiger partial charge on any atom is -0.322 e. The molecular formula is C20H22FN5O2. The number of nitriles is 1. The molecule has 1 aromatic rings. The molecule has 1 saturated carbocycles. The van der Waals surface area contributed by atoms with Gasteiger partial charge in [-0.05, 0) is 49.4 Å². The molecule has 2 bridgehead atoms. The summed E-state index contributed by atoms with van der Waals surface area (Å²) in [7, 11) is 0. The number of carbonyl (C=O) groups excluding carboxylic acids is 2. The summed E-state index contributed by atoms with van der Waals surface area (Å²) in [5, 5.41) is 9.30. The molecule has 1 aliphatic carbocycles. The van der Waals surface area contributed by atoms with Gasteiger partial charge in [0.05, 0.1) is 24.2 Å². The molecule has 2 amide bonds. The number of amides is 2. The zero-order valence-corrected chi connectivity index (χ0v) is 15.4. The van der Waals surface area contributed by atoms with Crippen LogP contribution in [0.15, 0.2) is 24.3 Å². The topological polar surface area (TPSA) is 93.7 Å². The van der Waals surface area contributed by atoms with E-state index < -0.39 is 6.04 Å². The lowest BCUT2D eigenvalue weighted by atomic mass is 10.1. The number of rotatable bonds is 4. The van der Waals surface area contributed by atoms with Gasteiger partial charge in [-0.1, -0.05) is 0 Å². The highest BCUT2D eigenvalue weighted by Gasteiger charge is 2.55. The molecule has 3 saturated heterocycles. The highest BCUT2D eigenvalue weighted by atomic mass is 19.1. The zero-order valence-electron chi connectivity index (χ0n) is 15.4. The number of halogens is 1. The highest BCUT2D eigenvalue weighted by Crippen LogP contribution is 2.47. The van der Waals surface area contributed by atoms with Crippen molar-refractivity contribution in [3.05, 3.63) is 30.1 Å². The van der Waals surface area contributed by atoms with Gasteiger partial charge >= 0.3 is 0 Å². The average molecular weight is 383 g/mol. The van der Waals surface area contributed by atoms with Gasteiger partial charge < -0.3 is 15.5 Å². The molecule has 0 radical (unpaired) electrons. The monoisotopic (exact) mass is 383 g/mol. The van der Waals surface area contributed by atoms with E-state index in [1.165, 1.54) is 12.1 Å². The first-order valence-corrected chi connectivity index (χ1v) is 9.78. The van der Waals surface area contributed by atoms with Crippen molar-refractivity contribution in [3.8, 4) is 6.07 Å². The van der Waals surface area contributed by atoms with Crippen LogP contribution in [0.25, 0.3) is 0 Å². The van der Waals surface area contributed by atoms with Crippen LogP contribution in [0, 0.1) is 23.1 Å². The molecule has 2 N–H and O–H groups in total. The van der Waals surface area contributed by atoms with Crippen LogP contribution >= 0.6 is 0 Å². The largest absolute Gasteiger partial charge is 0.322 e. The number of piperazine rings is 1. The number of benzene rings is 1. The molecule has 1 unspecified atom stereocenters. The first kappa shape index (κ1) is 17.6. The number of likely N-dealkylation sites (tertiary alicyclic amines) is 2. The number of piperidine rings is 1. The van der Waals surface area contributed by atoms with Crippen molar-refractivity contribution in [3.63, 3.8) is 0 Å². The van der Waals surface area contributed by atoms with Crippen LogP contribution < -0.4 is 10.6 Å². The van der Waals surface area contributed by atoms with E-state index in [0.29, 0.717) is 31.1 Å². The van der Waals surface area contributed by atoms with Crippen LogP contribution in [0.1, 0.15) is 19.3 Å². The van der Waals surface area contributed by atoms with Crippen LogP contribution in [0.2, 0.25) is 0 Å². The predicted octanol–water partition coefficient (Wildman–Crippen LogP) is 0.455. The van der Waals surface area contributed by atoms with Crippen LogP contribution in [0.4, 0.5) is 10.1 Å². The van der Waals surface area contributed by atoms with Crippen molar-refractivity contribution < 1.29 is 14.0 Å². The second-order valence-corrected chi connectivity index (χ2v) is 8.34. The van der Waals surface area contributed by atoms with Gasteiger partial charge in [-0.3, -0.25) is 14.5 Å².